The average molecular weight is 248 g/mol. The van der Waals surface area contributed by atoms with E-state index in [4.69, 9.17) is 0 Å². The molecule has 1 aromatic carbocycles. The Morgan fingerprint density at radius 3 is 2.82 bits per heavy atom. The number of aryl methyl sites for hydroxylation is 1. The molecule has 4 heteroatoms. The van der Waals surface area contributed by atoms with Crippen LogP contribution in [0.15, 0.2) is 35.3 Å². The first kappa shape index (κ1) is 12.2. The van der Waals surface area contributed by atoms with E-state index >= 15 is 0 Å². The Labute approximate surface area is 106 Å². The van der Waals surface area contributed by atoms with E-state index in [0.29, 0.717) is 0 Å². The van der Waals surface area contributed by atoms with Crippen molar-refractivity contribution in [1.82, 2.24) is 9.55 Å². The minimum Gasteiger partial charge on any atom is -0.305 e. The van der Waals surface area contributed by atoms with Crippen LogP contribution in [0, 0.1) is 0 Å². The zero-order valence-electron chi connectivity index (χ0n) is 9.67. The molecule has 0 amide bonds. The first-order valence-electron chi connectivity index (χ1n) is 5.88. The van der Waals surface area contributed by atoms with Crippen molar-refractivity contribution in [3.63, 3.8) is 0 Å². The van der Waals surface area contributed by atoms with Crippen molar-refractivity contribution in [1.29, 1.82) is 0 Å². The van der Waals surface area contributed by atoms with Crippen molar-refractivity contribution < 1.29 is 0 Å². The number of hydrogen-bond acceptors (Lipinski definition) is 3. The highest BCUT2D eigenvalue weighted by atomic mass is 32.1. The zero-order chi connectivity index (χ0) is 12.1. The molecular formula is C13H16N2OS. The first-order valence-corrected chi connectivity index (χ1v) is 6.51. The van der Waals surface area contributed by atoms with Gasteiger partial charge in [-0.05, 0) is 30.7 Å². The molecule has 0 aliphatic heterocycles. The quantitative estimate of drug-likeness (QED) is 0.651. The summed E-state index contributed by atoms with van der Waals surface area (Å²) < 4.78 is 1.81. The highest BCUT2D eigenvalue weighted by Crippen LogP contribution is 2.09. The fourth-order valence-corrected chi connectivity index (χ4v) is 2.13. The second kappa shape index (κ2) is 5.87. The third kappa shape index (κ3) is 2.88. The summed E-state index contributed by atoms with van der Waals surface area (Å²) in [5, 5.41) is 0. The number of rotatable bonds is 5. The van der Waals surface area contributed by atoms with E-state index in [2.05, 4.69) is 17.6 Å². The number of benzene rings is 1. The number of aromatic nitrogens is 2. The van der Waals surface area contributed by atoms with E-state index < -0.39 is 0 Å². The lowest BCUT2D eigenvalue weighted by Gasteiger charge is -2.08. The number of fused-ring (bicyclic) bond motifs is 1. The summed E-state index contributed by atoms with van der Waals surface area (Å²) in [5.41, 5.74) is 1.78. The van der Waals surface area contributed by atoms with E-state index in [-0.39, 0.29) is 5.56 Å². The highest BCUT2D eigenvalue weighted by molar-refractivity contribution is 7.80. The number of para-hydroxylation sites is 2. The summed E-state index contributed by atoms with van der Waals surface area (Å²) in [4.78, 5) is 15.9. The van der Waals surface area contributed by atoms with Crippen molar-refractivity contribution in [2.75, 3.05) is 5.75 Å². The van der Waals surface area contributed by atoms with E-state index in [1.807, 2.05) is 24.3 Å². The molecule has 0 fully saturated rings. The van der Waals surface area contributed by atoms with E-state index in [1.165, 1.54) is 6.20 Å². The monoisotopic (exact) mass is 248 g/mol. The highest BCUT2D eigenvalue weighted by Gasteiger charge is 2.02. The van der Waals surface area contributed by atoms with Gasteiger partial charge in [0.25, 0.3) is 5.56 Å². The maximum atomic E-state index is 11.8. The minimum atomic E-state index is -0.0189. The Bertz CT molecular complexity index is 550. The molecule has 0 N–H and O–H groups in total. The summed E-state index contributed by atoms with van der Waals surface area (Å²) >= 11 is 4.18. The minimum absolute atomic E-state index is 0.0189. The molecule has 2 aromatic rings. The number of hydrogen-bond donors (Lipinski definition) is 1. The Morgan fingerprint density at radius 1 is 1.18 bits per heavy atom. The standard InChI is InChI=1S/C13H16N2OS/c16-13-10-14-11-6-2-3-7-12(11)15(13)8-4-1-5-9-17/h2-3,6-7,10,17H,1,4-5,8-9H2. The van der Waals surface area contributed by atoms with Gasteiger partial charge in [0.15, 0.2) is 0 Å². The van der Waals surface area contributed by atoms with Gasteiger partial charge in [-0.15, -0.1) is 0 Å². The van der Waals surface area contributed by atoms with Crippen molar-refractivity contribution in [3.05, 3.63) is 40.8 Å². The molecule has 0 aliphatic carbocycles. The summed E-state index contributed by atoms with van der Waals surface area (Å²) in [6.07, 6.45) is 4.61. The van der Waals surface area contributed by atoms with Crippen molar-refractivity contribution in [2.45, 2.75) is 25.8 Å². The molecule has 1 heterocycles. The largest absolute Gasteiger partial charge is 0.305 e. The molecular weight excluding hydrogens is 232 g/mol. The van der Waals surface area contributed by atoms with Gasteiger partial charge >= 0.3 is 0 Å². The third-order valence-corrected chi connectivity index (χ3v) is 3.11. The van der Waals surface area contributed by atoms with Gasteiger partial charge in [-0.25, -0.2) is 4.98 Å². The van der Waals surface area contributed by atoms with Crippen LogP contribution in [0.25, 0.3) is 11.0 Å². The SMILES string of the molecule is O=c1cnc2ccccc2n1CCCCCS. The molecule has 17 heavy (non-hydrogen) atoms. The molecule has 0 saturated carbocycles. The lowest BCUT2D eigenvalue weighted by molar-refractivity contribution is 0.603. The molecule has 0 unspecified atom stereocenters. The average Bonchev–Trinajstić information content (AvgIpc) is 2.37. The van der Waals surface area contributed by atoms with Gasteiger partial charge < -0.3 is 4.57 Å². The summed E-state index contributed by atoms with van der Waals surface area (Å²) in [6.45, 7) is 0.760. The van der Waals surface area contributed by atoms with Gasteiger partial charge in [-0.2, -0.15) is 12.6 Å². The van der Waals surface area contributed by atoms with Crippen LogP contribution >= 0.6 is 12.6 Å². The Balaban J connectivity index is 2.25. The van der Waals surface area contributed by atoms with Gasteiger partial charge in [0.05, 0.1) is 17.2 Å². The van der Waals surface area contributed by atoms with Crippen LogP contribution in [0.2, 0.25) is 0 Å². The second-order valence-electron chi connectivity index (χ2n) is 4.02. The maximum absolute atomic E-state index is 11.8. The molecule has 0 bridgehead atoms. The number of unbranched alkanes of at least 4 members (excludes halogenated alkanes) is 2. The molecule has 90 valence electrons. The van der Waals surface area contributed by atoms with Crippen molar-refractivity contribution >= 4 is 23.7 Å². The lowest BCUT2D eigenvalue weighted by atomic mass is 10.2. The molecule has 0 spiro atoms. The van der Waals surface area contributed by atoms with Gasteiger partial charge in [-0.3, -0.25) is 4.79 Å². The fraction of sp³-hybridized carbons (Fsp3) is 0.385. The summed E-state index contributed by atoms with van der Waals surface area (Å²) in [5.74, 6) is 0.909. The predicted octanol–water partition coefficient (Wildman–Crippen LogP) is 2.50. The molecule has 2 rings (SSSR count). The summed E-state index contributed by atoms with van der Waals surface area (Å²) in [7, 11) is 0. The van der Waals surface area contributed by atoms with Crippen LogP contribution < -0.4 is 5.56 Å². The zero-order valence-corrected chi connectivity index (χ0v) is 10.6. The van der Waals surface area contributed by atoms with E-state index in [1.54, 1.807) is 4.57 Å². The van der Waals surface area contributed by atoms with Crippen LogP contribution in [-0.4, -0.2) is 15.3 Å². The molecule has 0 aliphatic rings. The summed E-state index contributed by atoms with van der Waals surface area (Å²) in [6, 6.07) is 7.75. The fourth-order valence-electron chi connectivity index (χ4n) is 1.90. The molecule has 1 aromatic heterocycles. The number of thiol groups is 1. The third-order valence-electron chi connectivity index (χ3n) is 2.79. The van der Waals surface area contributed by atoms with Gasteiger partial charge in [0.1, 0.15) is 0 Å². The Kier molecular flexibility index (Phi) is 4.20. The molecule has 3 nitrogen and oxygen atoms in total. The van der Waals surface area contributed by atoms with E-state index in [9.17, 15) is 4.79 Å². The molecule has 0 radical (unpaired) electrons. The first-order chi connectivity index (χ1) is 8.33. The van der Waals surface area contributed by atoms with Crippen LogP contribution in [0.1, 0.15) is 19.3 Å². The Hall–Kier alpha value is -1.29. The number of nitrogens with zero attached hydrogens (tertiary/aromatic N) is 2. The van der Waals surface area contributed by atoms with Crippen LogP contribution in [0.3, 0.4) is 0 Å². The van der Waals surface area contributed by atoms with Crippen molar-refractivity contribution in [2.24, 2.45) is 0 Å². The maximum Gasteiger partial charge on any atom is 0.269 e. The lowest BCUT2D eigenvalue weighted by Crippen LogP contribution is -2.20. The Morgan fingerprint density at radius 2 is 2.00 bits per heavy atom. The van der Waals surface area contributed by atoms with E-state index in [0.717, 1.165) is 42.6 Å². The molecule has 0 atom stereocenters. The van der Waals surface area contributed by atoms with Gasteiger partial charge in [-0.1, -0.05) is 18.6 Å². The normalized spacial score (nSPS) is 10.9. The van der Waals surface area contributed by atoms with Crippen molar-refractivity contribution in [3.8, 4) is 0 Å². The second-order valence-corrected chi connectivity index (χ2v) is 4.47. The topological polar surface area (TPSA) is 34.9 Å². The van der Waals surface area contributed by atoms with Crippen LogP contribution in [-0.2, 0) is 6.54 Å². The molecule has 0 saturated heterocycles. The van der Waals surface area contributed by atoms with Crippen LogP contribution in [0.5, 0.6) is 0 Å². The van der Waals surface area contributed by atoms with Gasteiger partial charge in [0, 0.05) is 6.54 Å². The van der Waals surface area contributed by atoms with Gasteiger partial charge in [0.2, 0.25) is 0 Å². The van der Waals surface area contributed by atoms with Crippen LogP contribution in [0.4, 0.5) is 0 Å². The predicted molar refractivity (Wildman–Crippen MR) is 73.7 cm³/mol. The smallest absolute Gasteiger partial charge is 0.269 e.